The molecular weight excluding hydrogens is 245 g/mol. The van der Waals surface area contributed by atoms with Gasteiger partial charge in [0, 0.05) is 5.88 Å². The highest BCUT2D eigenvalue weighted by Crippen LogP contribution is 2.28. The van der Waals surface area contributed by atoms with Crippen molar-refractivity contribution in [3.05, 3.63) is 28.0 Å². The molecule has 0 unspecified atom stereocenters. The molecule has 0 amide bonds. The van der Waals surface area contributed by atoms with E-state index in [4.69, 9.17) is 28.5 Å². The number of hydrogen-bond acceptors (Lipinski definition) is 2. The molecule has 0 saturated heterocycles. The van der Waals surface area contributed by atoms with Gasteiger partial charge in [-0.05, 0) is 11.6 Å². The Bertz CT molecular complexity index is 402. The van der Waals surface area contributed by atoms with Crippen LogP contribution in [-0.4, -0.2) is 4.98 Å². The maximum atomic E-state index is 12.4. The monoisotopic (exact) mass is 250 g/mol. The van der Waals surface area contributed by atoms with Crippen molar-refractivity contribution in [2.45, 2.75) is 18.7 Å². The molecule has 0 spiro atoms. The molecule has 0 aliphatic carbocycles. The third-order valence-electron chi connectivity index (χ3n) is 1.80. The smallest absolute Gasteiger partial charge is 0.239 e. The first-order chi connectivity index (χ1) is 7.10. The van der Waals surface area contributed by atoms with Crippen LogP contribution in [0.5, 0.6) is 0 Å². The van der Waals surface area contributed by atoms with Gasteiger partial charge in [-0.15, -0.1) is 11.6 Å². The summed E-state index contributed by atoms with van der Waals surface area (Å²) in [6.07, 6.45) is -2.69. The Labute approximate surface area is 95.4 Å². The number of nitriles is 1. The summed E-state index contributed by atoms with van der Waals surface area (Å²) in [4.78, 5) is 3.73. The first-order valence-corrected chi connectivity index (χ1v) is 4.90. The van der Waals surface area contributed by atoms with Crippen molar-refractivity contribution in [2.75, 3.05) is 0 Å². The number of alkyl halides is 3. The third kappa shape index (κ3) is 2.77. The van der Waals surface area contributed by atoms with Crippen molar-refractivity contribution in [3.63, 3.8) is 0 Å². The number of pyridine rings is 1. The van der Waals surface area contributed by atoms with Gasteiger partial charge in [0.1, 0.15) is 5.15 Å². The lowest BCUT2D eigenvalue weighted by atomic mass is 10.1. The van der Waals surface area contributed by atoms with E-state index in [-0.39, 0.29) is 23.0 Å². The average Bonchev–Trinajstić information content (AvgIpc) is 2.18. The van der Waals surface area contributed by atoms with Crippen LogP contribution in [0.4, 0.5) is 8.78 Å². The van der Waals surface area contributed by atoms with E-state index in [1.54, 1.807) is 0 Å². The highest BCUT2D eigenvalue weighted by molar-refractivity contribution is 6.30. The van der Waals surface area contributed by atoms with Gasteiger partial charge in [-0.1, -0.05) is 11.6 Å². The topological polar surface area (TPSA) is 36.7 Å². The summed E-state index contributed by atoms with van der Waals surface area (Å²) >= 11 is 11.1. The second-order valence-electron chi connectivity index (χ2n) is 2.74. The number of hydrogen-bond donors (Lipinski definition) is 0. The Morgan fingerprint density at radius 2 is 2.20 bits per heavy atom. The predicted molar refractivity (Wildman–Crippen MR) is 53.1 cm³/mol. The van der Waals surface area contributed by atoms with Gasteiger partial charge < -0.3 is 0 Å². The molecule has 0 bridgehead atoms. The lowest BCUT2D eigenvalue weighted by molar-refractivity contribution is 0.151. The Hall–Kier alpha value is -0.920. The lowest BCUT2D eigenvalue weighted by Gasteiger charge is -2.08. The summed E-state index contributed by atoms with van der Waals surface area (Å²) in [7, 11) is 0. The standard InChI is InChI=1S/C9H6Cl2F2N2/c10-4-5-3-6(9(12)13)8(11)15-7(5)1-2-14/h3,9H,1,4H2. The summed E-state index contributed by atoms with van der Waals surface area (Å²) in [6.45, 7) is 0. The SMILES string of the molecule is N#CCc1nc(Cl)c(C(F)F)cc1CCl. The van der Waals surface area contributed by atoms with Gasteiger partial charge in [0.25, 0.3) is 6.43 Å². The molecule has 80 valence electrons. The molecule has 0 aliphatic rings. The zero-order valence-electron chi connectivity index (χ0n) is 7.48. The van der Waals surface area contributed by atoms with Crippen LogP contribution >= 0.6 is 23.2 Å². The van der Waals surface area contributed by atoms with Gasteiger partial charge in [0.15, 0.2) is 0 Å². The van der Waals surface area contributed by atoms with E-state index >= 15 is 0 Å². The fraction of sp³-hybridized carbons (Fsp3) is 0.333. The Kier molecular flexibility index (Phi) is 4.25. The minimum absolute atomic E-state index is 0.00525. The summed E-state index contributed by atoms with van der Waals surface area (Å²) < 4.78 is 24.9. The minimum Gasteiger partial charge on any atom is -0.239 e. The fourth-order valence-corrected chi connectivity index (χ4v) is 1.55. The average molecular weight is 251 g/mol. The summed E-state index contributed by atoms with van der Waals surface area (Å²) in [5, 5.41) is 8.21. The molecule has 1 rings (SSSR count). The molecule has 1 heterocycles. The Morgan fingerprint density at radius 3 is 2.67 bits per heavy atom. The first kappa shape index (κ1) is 12.2. The van der Waals surface area contributed by atoms with Crippen LogP contribution in [-0.2, 0) is 12.3 Å². The van der Waals surface area contributed by atoms with Crippen LogP contribution in [0.3, 0.4) is 0 Å². The van der Waals surface area contributed by atoms with Crippen LogP contribution in [0.25, 0.3) is 0 Å². The number of nitrogens with zero attached hydrogens (tertiary/aromatic N) is 2. The van der Waals surface area contributed by atoms with Crippen molar-refractivity contribution in [3.8, 4) is 6.07 Å². The molecule has 15 heavy (non-hydrogen) atoms. The summed E-state index contributed by atoms with van der Waals surface area (Å²) in [6, 6.07) is 3.06. The normalized spacial score (nSPS) is 10.4. The van der Waals surface area contributed by atoms with E-state index in [2.05, 4.69) is 4.98 Å². The van der Waals surface area contributed by atoms with Crippen LogP contribution in [0, 0.1) is 11.3 Å². The summed E-state index contributed by atoms with van der Waals surface area (Å²) in [5.41, 5.74) is 0.411. The minimum atomic E-state index is -2.69. The third-order valence-corrected chi connectivity index (χ3v) is 2.39. The first-order valence-electron chi connectivity index (χ1n) is 3.99. The van der Waals surface area contributed by atoms with E-state index in [0.717, 1.165) is 0 Å². The van der Waals surface area contributed by atoms with Crippen LogP contribution in [0.1, 0.15) is 23.2 Å². The molecule has 0 radical (unpaired) electrons. The Morgan fingerprint density at radius 1 is 1.53 bits per heavy atom. The van der Waals surface area contributed by atoms with E-state index in [9.17, 15) is 8.78 Å². The molecule has 0 saturated carbocycles. The predicted octanol–water partition coefficient (Wildman–Crippen LogP) is 3.48. The van der Waals surface area contributed by atoms with E-state index < -0.39 is 6.43 Å². The molecule has 2 nitrogen and oxygen atoms in total. The van der Waals surface area contributed by atoms with Gasteiger partial charge in [-0.3, -0.25) is 0 Å². The molecule has 0 fully saturated rings. The van der Waals surface area contributed by atoms with Gasteiger partial charge in [-0.25, -0.2) is 13.8 Å². The van der Waals surface area contributed by atoms with Gasteiger partial charge >= 0.3 is 0 Å². The second-order valence-corrected chi connectivity index (χ2v) is 3.37. The zero-order chi connectivity index (χ0) is 11.4. The van der Waals surface area contributed by atoms with Gasteiger partial charge in [0.05, 0.1) is 23.7 Å². The van der Waals surface area contributed by atoms with Crippen molar-refractivity contribution in [1.82, 2.24) is 4.98 Å². The maximum absolute atomic E-state index is 12.4. The van der Waals surface area contributed by atoms with E-state index in [0.29, 0.717) is 11.3 Å². The lowest BCUT2D eigenvalue weighted by Crippen LogP contribution is -2.00. The van der Waals surface area contributed by atoms with Gasteiger partial charge in [0.2, 0.25) is 0 Å². The highest BCUT2D eigenvalue weighted by Gasteiger charge is 2.16. The number of rotatable bonds is 3. The van der Waals surface area contributed by atoms with Crippen LogP contribution in [0.15, 0.2) is 6.07 Å². The van der Waals surface area contributed by atoms with Crippen LogP contribution in [0.2, 0.25) is 5.15 Å². The molecule has 0 aliphatic heterocycles. The second kappa shape index (κ2) is 5.24. The fourth-order valence-electron chi connectivity index (χ4n) is 1.08. The van der Waals surface area contributed by atoms with Crippen molar-refractivity contribution in [2.24, 2.45) is 0 Å². The molecular formula is C9H6Cl2F2N2. The van der Waals surface area contributed by atoms with E-state index in [1.165, 1.54) is 6.07 Å². The highest BCUT2D eigenvalue weighted by atomic mass is 35.5. The van der Waals surface area contributed by atoms with Crippen molar-refractivity contribution >= 4 is 23.2 Å². The molecule has 0 N–H and O–H groups in total. The number of halogens is 4. The Balaban J connectivity index is 3.24. The van der Waals surface area contributed by atoms with E-state index in [1.807, 2.05) is 6.07 Å². The maximum Gasteiger partial charge on any atom is 0.266 e. The van der Waals surface area contributed by atoms with Gasteiger partial charge in [-0.2, -0.15) is 5.26 Å². The molecule has 6 heteroatoms. The van der Waals surface area contributed by atoms with Crippen LogP contribution < -0.4 is 0 Å². The summed E-state index contributed by atoms with van der Waals surface area (Å²) in [5.74, 6) is 0.0287. The molecule has 1 aromatic heterocycles. The largest absolute Gasteiger partial charge is 0.266 e. The quantitative estimate of drug-likeness (QED) is 0.609. The number of aromatic nitrogens is 1. The van der Waals surface area contributed by atoms with Crippen molar-refractivity contribution < 1.29 is 8.78 Å². The molecule has 0 aromatic carbocycles. The molecule has 1 aromatic rings. The zero-order valence-corrected chi connectivity index (χ0v) is 8.99. The van der Waals surface area contributed by atoms with Crippen molar-refractivity contribution in [1.29, 1.82) is 5.26 Å². The molecule has 0 atom stereocenters.